The van der Waals surface area contributed by atoms with Crippen molar-refractivity contribution >= 4 is 11.5 Å². The van der Waals surface area contributed by atoms with Crippen molar-refractivity contribution in [2.45, 2.75) is 0 Å². The van der Waals surface area contributed by atoms with Gasteiger partial charge in [-0.1, -0.05) is 12.1 Å². The van der Waals surface area contributed by atoms with Crippen molar-refractivity contribution in [1.82, 2.24) is 9.55 Å². The number of carbonyl (C=O) groups is 1. The lowest BCUT2D eigenvalue weighted by Crippen LogP contribution is -2.08. The van der Waals surface area contributed by atoms with Crippen LogP contribution in [0, 0.1) is 0 Å². The molecule has 0 atom stereocenters. The van der Waals surface area contributed by atoms with Crippen LogP contribution in [0.3, 0.4) is 0 Å². The summed E-state index contributed by atoms with van der Waals surface area (Å²) in [6, 6.07) is 7.37. The Balaban J connectivity index is 2.38. The van der Waals surface area contributed by atoms with Gasteiger partial charge in [-0.25, -0.2) is 4.98 Å². The second-order valence-corrected chi connectivity index (χ2v) is 3.52. The van der Waals surface area contributed by atoms with Crippen LogP contribution in [-0.4, -0.2) is 22.4 Å². The minimum absolute atomic E-state index is 0.0652. The van der Waals surface area contributed by atoms with Gasteiger partial charge < -0.3 is 9.88 Å². The minimum atomic E-state index is -0.0652. The minimum Gasteiger partial charge on any atom is -0.388 e. The predicted molar refractivity (Wildman–Crippen MR) is 62.6 cm³/mol. The molecule has 4 nitrogen and oxygen atoms in total. The summed E-state index contributed by atoms with van der Waals surface area (Å²) in [6.07, 6.45) is 3.38. The molecule has 1 N–H and O–H groups in total. The Labute approximate surface area is 93.9 Å². The fraction of sp³-hybridized carbons (Fsp3) is 0.167. The van der Waals surface area contributed by atoms with Gasteiger partial charge in [0, 0.05) is 37.7 Å². The average molecular weight is 215 g/mol. The third-order valence-corrected chi connectivity index (χ3v) is 2.44. The predicted octanol–water partition coefficient (Wildman–Crippen LogP) is 1.69. The average Bonchev–Trinajstić information content (AvgIpc) is 2.74. The molecule has 0 aliphatic rings. The third kappa shape index (κ3) is 1.82. The van der Waals surface area contributed by atoms with Crippen molar-refractivity contribution < 1.29 is 4.79 Å². The lowest BCUT2D eigenvalue weighted by atomic mass is 10.1. The van der Waals surface area contributed by atoms with E-state index in [9.17, 15) is 4.79 Å². The Morgan fingerprint density at radius 2 is 2.25 bits per heavy atom. The summed E-state index contributed by atoms with van der Waals surface area (Å²) in [5, 5.41) is 3.00. The van der Waals surface area contributed by atoms with E-state index < -0.39 is 0 Å². The monoisotopic (exact) mass is 215 g/mol. The normalized spacial score (nSPS) is 10.1. The Morgan fingerprint density at radius 1 is 1.44 bits per heavy atom. The maximum atomic E-state index is 12.1. The number of nitrogens with one attached hydrogen (secondary N) is 1. The molecule has 1 aromatic heterocycles. The van der Waals surface area contributed by atoms with Crippen molar-refractivity contribution in [2.75, 3.05) is 12.4 Å². The molecule has 0 unspecified atom stereocenters. The lowest BCUT2D eigenvalue weighted by molar-refractivity contribution is 0.102. The molecule has 0 spiro atoms. The van der Waals surface area contributed by atoms with Gasteiger partial charge in [0.05, 0.1) is 0 Å². The maximum absolute atomic E-state index is 12.1. The van der Waals surface area contributed by atoms with Gasteiger partial charge in [0.15, 0.2) is 5.82 Å². The summed E-state index contributed by atoms with van der Waals surface area (Å²) in [6.45, 7) is 0. The molecule has 0 aliphatic carbocycles. The number of carbonyl (C=O) groups excluding carboxylic acids is 1. The number of nitrogens with zero attached hydrogens (tertiary/aromatic N) is 2. The maximum Gasteiger partial charge on any atom is 0.228 e. The van der Waals surface area contributed by atoms with E-state index in [0.717, 1.165) is 5.69 Å². The molecule has 0 amide bonds. The number of imidazole rings is 1. The molecule has 0 saturated heterocycles. The number of hydrogen-bond acceptors (Lipinski definition) is 3. The summed E-state index contributed by atoms with van der Waals surface area (Å²) in [7, 11) is 3.63. The van der Waals surface area contributed by atoms with Gasteiger partial charge in [-0.15, -0.1) is 0 Å². The number of ketones is 1. The highest BCUT2D eigenvalue weighted by molar-refractivity contribution is 6.07. The SMILES string of the molecule is CNc1cccc(C(=O)c2nccn2C)c1. The highest BCUT2D eigenvalue weighted by Gasteiger charge is 2.13. The number of benzene rings is 1. The van der Waals surface area contributed by atoms with Gasteiger partial charge in [-0.05, 0) is 12.1 Å². The third-order valence-electron chi connectivity index (χ3n) is 2.44. The van der Waals surface area contributed by atoms with Crippen LogP contribution in [0.25, 0.3) is 0 Å². The summed E-state index contributed by atoms with van der Waals surface area (Å²) < 4.78 is 1.72. The van der Waals surface area contributed by atoms with Crippen molar-refractivity contribution in [1.29, 1.82) is 0 Å². The number of rotatable bonds is 3. The fourth-order valence-corrected chi connectivity index (χ4v) is 1.53. The molecule has 4 heteroatoms. The van der Waals surface area contributed by atoms with Crippen molar-refractivity contribution in [3.05, 3.63) is 48.0 Å². The highest BCUT2D eigenvalue weighted by Crippen LogP contribution is 2.13. The standard InChI is InChI=1S/C12H13N3O/c1-13-10-5-3-4-9(8-10)11(16)12-14-6-7-15(12)2/h3-8,13H,1-2H3. The van der Waals surface area contributed by atoms with E-state index in [2.05, 4.69) is 10.3 Å². The molecule has 16 heavy (non-hydrogen) atoms. The Kier molecular flexibility index (Phi) is 2.72. The van der Waals surface area contributed by atoms with E-state index in [1.165, 1.54) is 0 Å². The van der Waals surface area contributed by atoms with Gasteiger partial charge in [-0.2, -0.15) is 0 Å². The zero-order chi connectivity index (χ0) is 11.5. The zero-order valence-corrected chi connectivity index (χ0v) is 9.27. The van der Waals surface area contributed by atoms with E-state index in [1.54, 1.807) is 23.0 Å². The van der Waals surface area contributed by atoms with Crippen LogP contribution in [-0.2, 0) is 7.05 Å². The first-order valence-electron chi connectivity index (χ1n) is 5.02. The Morgan fingerprint density at radius 3 is 2.88 bits per heavy atom. The van der Waals surface area contributed by atoms with E-state index in [1.807, 2.05) is 32.3 Å². The van der Waals surface area contributed by atoms with Crippen molar-refractivity contribution in [3.8, 4) is 0 Å². The quantitative estimate of drug-likeness (QED) is 0.792. The van der Waals surface area contributed by atoms with Crippen LogP contribution in [0.4, 0.5) is 5.69 Å². The summed E-state index contributed by atoms with van der Waals surface area (Å²) in [5.74, 6) is 0.387. The summed E-state index contributed by atoms with van der Waals surface area (Å²) in [4.78, 5) is 16.1. The molecule has 1 heterocycles. The Bertz CT molecular complexity index is 516. The van der Waals surface area contributed by atoms with Crippen LogP contribution in [0.15, 0.2) is 36.7 Å². The first-order chi connectivity index (χ1) is 7.72. The molecule has 2 rings (SSSR count). The van der Waals surface area contributed by atoms with Gasteiger partial charge in [0.1, 0.15) is 0 Å². The number of anilines is 1. The van der Waals surface area contributed by atoms with Crippen LogP contribution in [0.1, 0.15) is 16.2 Å². The van der Waals surface area contributed by atoms with Gasteiger partial charge >= 0.3 is 0 Å². The van der Waals surface area contributed by atoms with Crippen LogP contribution >= 0.6 is 0 Å². The molecule has 0 fully saturated rings. The molecule has 82 valence electrons. The van der Waals surface area contributed by atoms with Gasteiger partial charge in [-0.3, -0.25) is 4.79 Å². The molecule has 0 bridgehead atoms. The molecular weight excluding hydrogens is 202 g/mol. The molecule has 0 aliphatic heterocycles. The highest BCUT2D eigenvalue weighted by atomic mass is 16.1. The number of hydrogen-bond donors (Lipinski definition) is 1. The Hall–Kier alpha value is -2.10. The largest absolute Gasteiger partial charge is 0.388 e. The molecule has 1 aromatic carbocycles. The van der Waals surface area contributed by atoms with Gasteiger partial charge in [0.2, 0.25) is 5.78 Å². The van der Waals surface area contributed by atoms with Crippen LogP contribution in [0.2, 0.25) is 0 Å². The van der Waals surface area contributed by atoms with Crippen molar-refractivity contribution in [2.24, 2.45) is 7.05 Å². The lowest BCUT2D eigenvalue weighted by Gasteiger charge is -2.04. The van der Waals surface area contributed by atoms with Crippen LogP contribution < -0.4 is 5.32 Å². The van der Waals surface area contributed by atoms with Crippen molar-refractivity contribution in [3.63, 3.8) is 0 Å². The molecule has 0 saturated carbocycles. The van der Waals surface area contributed by atoms with E-state index in [-0.39, 0.29) is 5.78 Å². The number of aryl methyl sites for hydroxylation is 1. The second kappa shape index (κ2) is 4.18. The molecular formula is C12H13N3O. The summed E-state index contributed by atoms with van der Waals surface area (Å²) >= 11 is 0. The van der Waals surface area contributed by atoms with E-state index in [0.29, 0.717) is 11.4 Å². The second-order valence-electron chi connectivity index (χ2n) is 3.52. The zero-order valence-electron chi connectivity index (χ0n) is 9.27. The molecule has 0 radical (unpaired) electrons. The fourth-order valence-electron chi connectivity index (χ4n) is 1.53. The summed E-state index contributed by atoms with van der Waals surface area (Å²) in [5.41, 5.74) is 1.56. The van der Waals surface area contributed by atoms with Crippen LogP contribution in [0.5, 0.6) is 0 Å². The first-order valence-corrected chi connectivity index (χ1v) is 5.02. The first kappa shape index (κ1) is 10.4. The smallest absolute Gasteiger partial charge is 0.228 e. The molecule has 2 aromatic rings. The topological polar surface area (TPSA) is 46.9 Å². The number of aromatic nitrogens is 2. The van der Waals surface area contributed by atoms with Gasteiger partial charge in [0.25, 0.3) is 0 Å². The van der Waals surface area contributed by atoms with E-state index >= 15 is 0 Å². The van der Waals surface area contributed by atoms with E-state index in [4.69, 9.17) is 0 Å².